The third-order valence-electron chi connectivity index (χ3n) is 4.62. The second-order valence-electron chi connectivity index (χ2n) is 6.65. The molecule has 0 aliphatic carbocycles. The molecular weight excluding hydrogens is 336 g/mol. The lowest BCUT2D eigenvalue weighted by molar-refractivity contribution is 0.174. The fourth-order valence-corrected chi connectivity index (χ4v) is 3.27. The van der Waals surface area contributed by atoms with Crippen molar-refractivity contribution in [2.24, 2.45) is 0 Å². The van der Waals surface area contributed by atoms with E-state index in [1.165, 1.54) is 0 Å². The van der Waals surface area contributed by atoms with Crippen LogP contribution >= 0.6 is 11.6 Å². The van der Waals surface area contributed by atoms with Gasteiger partial charge in [-0.05, 0) is 43.7 Å². The molecule has 0 atom stereocenters. The number of aromatic nitrogens is 1. The van der Waals surface area contributed by atoms with Gasteiger partial charge < -0.3 is 14.8 Å². The fraction of sp³-hybridized carbons (Fsp3) is 0.250. The molecule has 1 aliphatic heterocycles. The molecular formula is C20H19ClN2O2. The molecule has 0 saturated carbocycles. The topological polar surface area (TPSA) is 43.4 Å². The molecule has 1 aromatic heterocycles. The molecule has 0 unspecified atom stereocenters. The van der Waals surface area contributed by atoms with Crippen LogP contribution in [0.5, 0.6) is 11.5 Å². The second kappa shape index (κ2) is 6.21. The Morgan fingerprint density at radius 3 is 2.84 bits per heavy atom. The quantitative estimate of drug-likeness (QED) is 0.741. The highest BCUT2D eigenvalue weighted by Crippen LogP contribution is 2.36. The molecule has 1 aliphatic rings. The number of benzene rings is 2. The Hall–Kier alpha value is -2.30. The van der Waals surface area contributed by atoms with Crippen LogP contribution in [-0.2, 0) is 12.1 Å². The van der Waals surface area contributed by atoms with Crippen molar-refractivity contribution in [3.63, 3.8) is 0 Å². The van der Waals surface area contributed by atoms with Crippen molar-refractivity contribution in [2.45, 2.75) is 25.9 Å². The van der Waals surface area contributed by atoms with Gasteiger partial charge in [-0.15, -0.1) is 0 Å². The highest BCUT2D eigenvalue weighted by molar-refractivity contribution is 6.32. The average Bonchev–Trinajstić information content (AvgIpc) is 3.08. The molecule has 4 nitrogen and oxygen atoms in total. The van der Waals surface area contributed by atoms with Gasteiger partial charge in [0.05, 0.1) is 5.52 Å². The van der Waals surface area contributed by atoms with Crippen LogP contribution in [0.25, 0.3) is 10.9 Å². The Labute approximate surface area is 151 Å². The van der Waals surface area contributed by atoms with Gasteiger partial charge in [-0.2, -0.15) is 0 Å². The first-order valence-corrected chi connectivity index (χ1v) is 8.60. The van der Waals surface area contributed by atoms with E-state index in [-0.39, 0.29) is 12.3 Å². The maximum Gasteiger partial charge on any atom is 0.231 e. The van der Waals surface area contributed by atoms with Crippen LogP contribution in [0.3, 0.4) is 0 Å². The SMILES string of the molecule is CC(C)(NCc1c(Cl)ccc2cccnc12)c1ccc2c(c1)OCO2. The van der Waals surface area contributed by atoms with Crippen molar-refractivity contribution in [1.82, 2.24) is 10.3 Å². The van der Waals surface area contributed by atoms with Gasteiger partial charge in [-0.25, -0.2) is 0 Å². The summed E-state index contributed by atoms with van der Waals surface area (Å²) < 4.78 is 10.9. The van der Waals surface area contributed by atoms with Crippen molar-refractivity contribution in [3.8, 4) is 11.5 Å². The van der Waals surface area contributed by atoms with E-state index >= 15 is 0 Å². The summed E-state index contributed by atoms with van der Waals surface area (Å²) >= 11 is 6.44. The van der Waals surface area contributed by atoms with E-state index in [2.05, 4.69) is 30.2 Å². The molecule has 4 rings (SSSR count). The fourth-order valence-electron chi connectivity index (χ4n) is 3.05. The Balaban J connectivity index is 1.61. The largest absolute Gasteiger partial charge is 0.454 e. The van der Waals surface area contributed by atoms with Gasteiger partial charge in [-0.1, -0.05) is 29.8 Å². The molecule has 0 amide bonds. The number of pyridine rings is 1. The van der Waals surface area contributed by atoms with E-state index < -0.39 is 0 Å². The minimum Gasteiger partial charge on any atom is -0.454 e. The number of hydrogen-bond donors (Lipinski definition) is 1. The van der Waals surface area contributed by atoms with E-state index in [0.717, 1.165) is 38.6 Å². The first-order chi connectivity index (χ1) is 12.0. The number of nitrogens with one attached hydrogen (secondary N) is 1. The van der Waals surface area contributed by atoms with Crippen molar-refractivity contribution < 1.29 is 9.47 Å². The highest BCUT2D eigenvalue weighted by atomic mass is 35.5. The highest BCUT2D eigenvalue weighted by Gasteiger charge is 2.24. The smallest absolute Gasteiger partial charge is 0.231 e. The van der Waals surface area contributed by atoms with Crippen LogP contribution in [0.4, 0.5) is 0 Å². The molecule has 25 heavy (non-hydrogen) atoms. The van der Waals surface area contributed by atoms with Crippen LogP contribution < -0.4 is 14.8 Å². The summed E-state index contributed by atoms with van der Waals surface area (Å²) in [5.74, 6) is 1.58. The third-order valence-corrected chi connectivity index (χ3v) is 4.98. The molecule has 2 heterocycles. The van der Waals surface area contributed by atoms with Crippen LogP contribution in [0.1, 0.15) is 25.0 Å². The van der Waals surface area contributed by atoms with E-state index in [9.17, 15) is 0 Å². The number of fused-ring (bicyclic) bond motifs is 2. The minimum absolute atomic E-state index is 0.263. The van der Waals surface area contributed by atoms with Gasteiger partial charge in [0.15, 0.2) is 11.5 Å². The summed E-state index contributed by atoms with van der Waals surface area (Å²) in [6.45, 7) is 5.17. The van der Waals surface area contributed by atoms with Crippen LogP contribution in [0.15, 0.2) is 48.7 Å². The number of rotatable bonds is 4. The average molecular weight is 355 g/mol. The van der Waals surface area contributed by atoms with Gasteiger partial charge in [0, 0.05) is 34.3 Å². The van der Waals surface area contributed by atoms with Gasteiger partial charge in [0.25, 0.3) is 0 Å². The molecule has 0 fully saturated rings. The van der Waals surface area contributed by atoms with Gasteiger partial charge in [0.2, 0.25) is 6.79 Å². The second-order valence-corrected chi connectivity index (χ2v) is 7.05. The van der Waals surface area contributed by atoms with E-state index in [1.807, 2.05) is 36.4 Å². The van der Waals surface area contributed by atoms with E-state index in [4.69, 9.17) is 21.1 Å². The van der Waals surface area contributed by atoms with E-state index in [0.29, 0.717) is 6.54 Å². The molecule has 0 spiro atoms. The number of nitrogens with zero attached hydrogens (tertiary/aromatic N) is 1. The zero-order chi connectivity index (χ0) is 17.4. The van der Waals surface area contributed by atoms with Crippen LogP contribution in [0, 0.1) is 0 Å². The molecule has 0 radical (unpaired) electrons. The minimum atomic E-state index is -0.263. The van der Waals surface area contributed by atoms with Crippen molar-refractivity contribution >= 4 is 22.5 Å². The third kappa shape index (κ3) is 3.03. The lowest BCUT2D eigenvalue weighted by Crippen LogP contribution is -2.36. The standard InChI is InChI=1S/C20H19ClN2O2/c1-20(2,14-6-8-17-18(10-14)25-12-24-17)23-11-15-16(21)7-5-13-4-3-9-22-19(13)15/h3-10,23H,11-12H2,1-2H3. The molecule has 1 N–H and O–H groups in total. The molecule has 5 heteroatoms. The Morgan fingerprint density at radius 1 is 1.12 bits per heavy atom. The normalized spacial score (nSPS) is 13.4. The van der Waals surface area contributed by atoms with Gasteiger partial charge in [0.1, 0.15) is 0 Å². The summed E-state index contributed by atoms with van der Waals surface area (Å²) in [6.07, 6.45) is 1.80. The number of halogens is 1. The predicted octanol–water partition coefficient (Wildman–Crippen LogP) is 4.64. The first-order valence-electron chi connectivity index (χ1n) is 8.22. The Kier molecular flexibility index (Phi) is 4.02. The van der Waals surface area contributed by atoms with Crippen LogP contribution in [-0.4, -0.2) is 11.8 Å². The van der Waals surface area contributed by atoms with Crippen LogP contribution in [0.2, 0.25) is 5.02 Å². The summed E-state index contributed by atoms with van der Waals surface area (Å²) in [5, 5.41) is 5.40. The molecule has 0 saturated heterocycles. The molecule has 128 valence electrons. The summed E-state index contributed by atoms with van der Waals surface area (Å²) in [7, 11) is 0. The number of ether oxygens (including phenoxy) is 2. The zero-order valence-corrected chi connectivity index (χ0v) is 14.9. The van der Waals surface area contributed by atoms with Crippen molar-refractivity contribution in [2.75, 3.05) is 6.79 Å². The van der Waals surface area contributed by atoms with Crippen molar-refractivity contribution in [3.05, 3.63) is 64.8 Å². The van der Waals surface area contributed by atoms with E-state index in [1.54, 1.807) is 6.20 Å². The molecule has 2 aromatic carbocycles. The summed E-state index contributed by atoms with van der Waals surface area (Å²) in [6, 6.07) is 13.9. The molecule has 3 aromatic rings. The first kappa shape index (κ1) is 16.2. The maximum atomic E-state index is 6.44. The number of hydrogen-bond acceptors (Lipinski definition) is 4. The zero-order valence-electron chi connectivity index (χ0n) is 14.2. The predicted molar refractivity (Wildman–Crippen MR) is 99.2 cm³/mol. The monoisotopic (exact) mass is 354 g/mol. The lowest BCUT2D eigenvalue weighted by atomic mass is 9.93. The maximum absolute atomic E-state index is 6.44. The van der Waals surface area contributed by atoms with Crippen molar-refractivity contribution in [1.29, 1.82) is 0 Å². The lowest BCUT2D eigenvalue weighted by Gasteiger charge is -2.28. The summed E-state index contributed by atoms with van der Waals surface area (Å²) in [4.78, 5) is 4.50. The summed E-state index contributed by atoms with van der Waals surface area (Å²) in [5.41, 5.74) is 2.81. The van der Waals surface area contributed by atoms with Gasteiger partial charge in [-0.3, -0.25) is 4.98 Å². The Morgan fingerprint density at radius 2 is 1.96 bits per heavy atom. The molecule has 0 bridgehead atoms. The van der Waals surface area contributed by atoms with Gasteiger partial charge >= 0.3 is 0 Å². The Bertz CT molecular complexity index is 940.